The van der Waals surface area contributed by atoms with Crippen LogP contribution in [-0.4, -0.2) is 23.2 Å². The molecule has 1 aliphatic rings. The molecular formula is C14H18FNO2. The van der Waals surface area contributed by atoms with Crippen molar-refractivity contribution in [2.75, 3.05) is 4.90 Å². The fourth-order valence-corrected chi connectivity index (χ4v) is 2.81. The lowest BCUT2D eigenvalue weighted by Crippen LogP contribution is -2.45. The van der Waals surface area contributed by atoms with Gasteiger partial charge in [0.15, 0.2) is 0 Å². The summed E-state index contributed by atoms with van der Waals surface area (Å²) in [6.07, 6.45) is 3.05. The van der Waals surface area contributed by atoms with Crippen LogP contribution >= 0.6 is 0 Å². The Bertz CT molecular complexity index is 451. The third kappa shape index (κ3) is 2.19. The molecule has 2 atom stereocenters. The van der Waals surface area contributed by atoms with Crippen molar-refractivity contribution in [3.05, 3.63) is 29.6 Å². The minimum absolute atomic E-state index is 0.0515. The van der Waals surface area contributed by atoms with E-state index in [2.05, 4.69) is 0 Å². The van der Waals surface area contributed by atoms with Gasteiger partial charge in [0, 0.05) is 12.1 Å². The van der Waals surface area contributed by atoms with E-state index < -0.39 is 11.8 Å². The van der Waals surface area contributed by atoms with Crippen LogP contribution in [0.5, 0.6) is 0 Å². The first-order valence-electron chi connectivity index (χ1n) is 6.32. The Morgan fingerprint density at radius 2 is 1.94 bits per heavy atom. The average molecular weight is 251 g/mol. The second-order valence-electron chi connectivity index (χ2n) is 4.98. The standard InChI is InChI=1S/C14H18FNO2/c1-9-5-3-6-10(2)16(9)13-11(14(17)18)7-4-8-12(13)15/h4,7-10H,3,5-6H2,1-2H3,(H,17,18). The molecule has 1 N–H and O–H groups in total. The van der Waals surface area contributed by atoms with Gasteiger partial charge in [0.25, 0.3) is 0 Å². The number of para-hydroxylation sites is 1. The fraction of sp³-hybridized carbons (Fsp3) is 0.500. The molecule has 0 radical (unpaired) electrons. The fourth-order valence-electron chi connectivity index (χ4n) is 2.81. The Kier molecular flexibility index (Phi) is 3.55. The Balaban J connectivity index is 2.51. The van der Waals surface area contributed by atoms with E-state index in [4.69, 9.17) is 0 Å². The lowest BCUT2D eigenvalue weighted by Gasteiger charge is -2.41. The van der Waals surface area contributed by atoms with Gasteiger partial charge in [-0.25, -0.2) is 9.18 Å². The molecule has 2 rings (SSSR count). The Morgan fingerprint density at radius 3 is 2.50 bits per heavy atom. The Morgan fingerprint density at radius 1 is 1.33 bits per heavy atom. The predicted molar refractivity (Wildman–Crippen MR) is 68.6 cm³/mol. The third-order valence-corrected chi connectivity index (χ3v) is 3.67. The van der Waals surface area contributed by atoms with Gasteiger partial charge in [0.05, 0.1) is 11.3 Å². The molecular weight excluding hydrogens is 233 g/mol. The highest BCUT2D eigenvalue weighted by molar-refractivity contribution is 5.94. The number of anilines is 1. The number of halogens is 1. The van der Waals surface area contributed by atoms with Crippen molar-refractivity contribution in [2.45, 2.75) is 45.2 Å². The summed E-state index contributed by atoms with van der Waals surface area (Å²) in [4.78, 5) is 13.2. The van der Waals surface area contributed by atoms with Crippen LogP contribution in [0.25, 0.3) is 0 Å². The predicted octanol–water partition coefficient (Wildman–Crippen LogP) is 3.29. The quantitative estimate of drug-likeness (QED) is 0.876. The van der Waals surface area contributed by atoms with Crippen molar-refractivity contribution in [2.24, 2.45) is 0 Å². The maximum Gasteiger partial charge on any atom is 0.337 e. The monoisotopic (exact) mass is 251 g/mol. The van der Waals surface area contributed by atoms with Crippen LogP contribution in [0.1, 0.15) is 43.5 Å². The molecule has 0 aromatic heterocycles. The number of piperidine rings is 1. The minimum atomic E-state index is -1.07. The number of benzene rings is 1. The zero-order valence-corrected chi connectivity index (χ0v) is 10.7. The highest BCUT2D eigenvalue weighted by Crippen LogP contribution is 2.33. The van der Waals surface area contributed by atoms with E-state index in [1.54, 1.807) is 0 Å². The maximum absolute atomic E-state index is 14.0. The highest BCUT2D eigenvalue weighted by Gasteiger charge is 2.30. The number of nitrogens with zero attached hydrogens (tertiary/aromatic N) is 1. The summed E-state index contributed by atoms with van der Waals surface area (Å²) in [5.74, 6) is -1.52. The van der Waals surface area contributed by atoms with Crippen LogP contribution in [0, 0.1) is 5.82 Å². The van der Waals surface area contributed by atoms with E-state index in [-0.39, 0.29) is 23.3 Å². The van der Waals surface area contributed by atoms with Crippen molar-refractivity contribution >= 4 is 11.7 Å². The molecule has 1 heterocycles. The van der Waals surface area contributed by atoms with E-state index in [0.717, 1.165) is 19.3 Å². The largest absolute Gasteiger partial charge is 0.478 e. The van der Waals surface area contributed by atoms with Gasteiger partial charge >= 0.3 is 5.97 Å². The lowest BCUT2D eigenvalue weighted by atomic mass is 9.95. The van der Waals surface area contributed by atoms with E-state index >= 15 is 0 Å². The van der Waals surface area contributed by atoms with Gasteiger partial charge in [-0.3, -0.25) is 0 Å². The number of rotatable bonds is 2. The van der Waals surface area contributed by atoms with Gasteiger partial charge in [-0.2, -0.15) is 0 Å². The molecule has 0 aliphatic carbocycles. The molecule has 1 aromatic rings. The van der Waals surface area contributed by atoms with Gasteiger partial charge in [-0.05, 0) is 45.2 Å². The Hall–Kier alpha value is -1.58. The van der Waals surface area contributed by atoms with Crippen LogP contribution in [-0.2, 0) is 0 Å². The van der Waals surface area contributed by atoms with Crippen molar-refractivity contribution in [1.29, 1.82) is 0 Å². The van der Waals surface area contributed by atoms with E-state index in [1.165, 1.54) is 18.2 Å². The molecule has 1 aliphatic heterocycles. The van der Waals surface area contributed by atoms with Gasteiger partial charge in [-0.1, -0.05) is 6.07 Å². The highest BCUT2D eigenvalue weighted by atomic mass is 19.1. The normalized spacial score (nSPS) is 24.1. The van der Waals surface area contributed by atoms with Crippen molar-refractivity contribution in [3.63, 3.8) is 0 Å². The number of hydrogen-bond acceptors (Lipinski definition) is 2. The van der Waals surface area contributed by atoms with Gasteiger partial charge < -0.3 is 10.0 Å². The molecule has 2 unspecified atom stereocenters. The molecule has 18 heavy (non-hydrogen) atoms. The summed E-state index contributed by atoms with van der Waals surface area (Å²) in [6.45, 7) is 4.04. The molecule has 1 fully saturated rings. The molecule has 0 amide bonds. The minimum Gasteiger partial charge on any atom is -0.478 e. The molecule has 4 heteroatoms. The summed E-state index contributed by atoms with van der Waals surface area (Å²) in [5, 5.41) is 9.20. The maximum atomic E-state index is 14.0. The summed E-state index contributed by atoms with van der Waals surface area (Å²) in [6, 6.07) is 4.58. The molecule has 98 valence electrons. The van der Waals surface area contributed by atoms with Crippen molar-refractivity contribution in [3.8, 4) is 0 Å². The average Bonchev–Trinajstić information content (AvgIpc) is 2.30. The summed E-state index contributed by atoms with van der Waals surface area (Å²) < 4.78 is 14.0. The van der Waals surface area contributed by atoms with E-state index in [1.807, 2.05) is 18.7 Å². The van der Waals surface area contributed by atoms with Gasteiger partial charge in [-0.15, -0.1) is 0 Å². The van der Waals surface area contributed by atoms with Crippen molar-refractivity contribution in [1.82, 2.24) is 0 Å². The zero-order valence-electron chi connectivity index (χ0n) is 10.7. The lowest BCUT2D eigenvalue weighted by molar-refractivity contribution is 0.0696. The van der Waals surface area contributed by atoms with Gasteiger partial charge in [0.1, 0.15) is 5.82 Å². The number of aromatic carboxylic acids is 1. The first kappa shape index (κ1) is 12.9. The first-order chi connectivity index (χ1) is 8.52. The topological polar surface area (TPSA) is 40.5 Å². The van der Waals surface area contributed by atoms with Crippen LogP contribution in [0.3, 0.4) is 0 Å². The van der Waals surface area contributed by atoms with E-state index in [9.17, 15) is 14.3 Å². The van der Waals surface area contributed by atoms with Crippen LogP contribution in [0.2, 0.25) is 0 Å². The SMILES string of the molecule is CC1CCCC(C)N1c1c(F)cccc1C(=O)O. The number of carboxylic acid groups (broad SMARTS) is 1. The van der Waals surface area contributed by atoms with Crippen LogP contribution < -0.4 is 4.90 Å². The van der Waals surface area contributed by atoms with E-state index in [0.29, 0.717) is 0 Å². The summed E-state index contributed by atoms with van der Waals surface area (Å²) >= 11 is 0. The Labute approximate surface area is 106 Å². The summed E-state index contributed by atoms with van der Waals surface area (Å²) in [7, 11) is 0. The van der Waals surface area contributed by atoms with Gasteiger partial charge in [0.2, 0.25) is 0 Å². The van der Waals surface area contributed by atoms with Crippen LogP contribution in [0.4, 0.5) is 10.1 Å². The number of carboxylic acids is 1. The molecule has 3 nitrogen and oxygen atoms in total. The molecule has 0 saturated carbocycles. The smallest absolute Gasteiger partial charge is 0.337 e. The molecule has 1 saturated heterocycles. The number of hydrogen-bond donors (Lipinski definition) is 1. The second kappa shape index (κ2) is 4.96. The molecule has 0 bridgehead atoms. The van der Waals surface area contributed by atoms with Crippen LogP contribution in [0.15, 0.2) is 18.2 Å². The second-order valence-corrected chi connectivity index (χ2v) is 4.98. The zero-order chi connectivity index (χ0) is 13.3. The summed E-state index contributed by atoms with van der Waals surface area (Å²) in [5.41, 5.74) is 0.292. The molecule has 1 aromatic carbocycles. The first-order valence-corrected chi connectivity index (χ1v) is 6.32. The van der Waals surface area contributed by atoms with Crippen molar-refractivity contribution < 1.29 is 14.3 Å². The third-order valence-electron chi connectivity index (χ3n) is 3.67. The molecule has 0 spiro atoms. The number of carbonyl (C=O) groups is 1.